The van der Waals surface area contributed by atoms with E-state index in [1.807, 2.05) is 0 Å². The molecule has 0 N–H and O–H groups in total. The molecule has 4 aliphatic carbocycles. The lowest BCUT2D eigenvalue weighted by Crippen LogP contribution is -2.20. The molecule has 4 aliphatic rings. The van der Waals surface area contributed by atoms with Crippen LogP contribution in [-0.2, 0) is 9.53 Å². The number of hydrogen-bond donors (Lipinski definition) is 0. The molecule has 0 radical (unpaired) electrons. The van der Waals surface area contributed by atoms with Crippen molar-refractivity contribution in [3.8, 4) is 0 Å². The molecule has 0 aromatic heterocycles. The van der Waals surface area contributed by atoms with Gasteiger partial charge in [-0.15, -0.1) is 0 Å². The topological polar surface area (TPSA) is 26.3 Å². The zero-order valence-electron chi connectivity index (χ0n) is 8.53. The highest BCUT2D eigenvalue weighted by Gasteiger charge is 2.78. The molecular weight excluding hydrogens is 176 g/mol. The fraction of sp³-hybridized carbons (Fsp3) is 0.750. The summed E-state index contributed by atoms with van der Waals surface area (Å²) in [6.45, 7) is 5.71. The molecule has 0 aromatic rings. The first-order valence-electron chi connectivity index (χ1n) is 5.56. The van der Waals surface area contributed by atoms with Gasteiger partial charge in [0.2, 0.25) is 0 Å². The van der Waals surface area contributed by atoms with Crippen LogP contribution in [0.4, 0.5) is 0 Å². The first kappa shape index (κ1) is 8.51. The number of rotatable bonds is 3. The summed E-state index contributed by atoms with van der Waals surface area (Å²) in [4.78, 5) is 11.1. The Bertz CT molecular complexity index is 309. The zero-order chi connectivity index (χ0) is 9.92. The highest BCUT2D eigenvalue weighted by atomic mass is 16.5. The molecule has 5 unspecified atom stereocenters. The van der Waals surface area contributed by atoms with E-state index >= 15 is 0 Å². The maximum atomic E-state index is 11.1. The van der Waals surface area contributed by atoms with Crippen LogP contribution in [0, 0.1) is 23.2 Å². The van der Waals surface area contributed by atoms with Crippen molar-refractivity contribution >= 4 is 5.97 Å². The van der Waals surface area contributed by atoms with Crippen LogP contribution in [0.1, 0.15) is 26.2 Å². The molecular formula is C12H16O2. The van der Waals surface area contributed by atoms with E-state index in [9.17, 15) is 4.79 Å². The van der Waals surface area contributed by atoms with Crippen LogP contribution in [-0.4, -0.2) is 12.1 Å². The fourth-order valence-electron chi connectivity index (χ4n) is 4.27. The molecule has 0 heterocycles. The lowest BCUT2D eigenvalue weighted by Gasteiger charge is -2.14. The summed E-state index contributed by atoms with van der Waals surface area (Å²) in [5, 5.41) is 0. The Kier molecular flexibility index (Phi) is 1.47. The molecule has 0 saturated heterocycles. The van der Waals surface area contributed by atoms with Crippen LogP contribution >= 0.6 is 0 Å². The number of carbonyl (C=O) groups excluding carboxylic acids is 1. The van der Waals surface area contributed by atoms with Crippen molar-refractivity contribution < 1.29 is 9.53 Å². The van der Waals surface area contributed by atoms with Crippen LogP contribution in [0.5, 0.6) is 0 Å². The molecule has 0 aliphatic heterocycles. The molecule has 0 aromatic carbocycles. The smallest absolute Gasteiger partial charge is 0.330 e. The van der Waals surface area contributed by atoms with Gasteiger partial charge in [0, 0.05) is 12.0 Å². The van der Waals surface area contributed by atoms with Gasteiger partial charge in [-0.2, -0.15) is 0 Å². The monoisotopic (exact) mass is 192 g/mol. The summed E-state index contributed by atoms with van der Waals surface area (Å²) in [5.41, 5.74) is 0.580. The van der Waals surface area contributed by atoms with E-state index in [1.54, 1.807) is 0 Å². The Labute approximate surface area is 84.3 Å². The molecule has 5 atom stereocenters. The van der Waals surface area contributed by atoms with Gasteiger partial charge in [-0.3, -0.25) is 0 Å². The van der Waals surface area contributed by atoms with Crippen LogP contribution in [0.2, 0.25) is 0 Å². The minimum atomic E-state index is -0.237. The van der Waals surface area contributed by atoms with Gasteiger partial charge in [0.05, 0.1) is 0 Å². The molecule has 0 spiro atoms. The number of hydrogen-bond acceptors (Lipinski definition) is 2. The van der Waals surface area contributed by atoms with E-state index in [0.29, 0.717) is 17.3 Å². The zero-order valence-corrected chi connectivity index (χ0v) is 8.53. The number of carbonyl (C=O) groups is 1. The van der Waals surface area contributed by atoms with Crippen LogP contribution < -0.4 is 0 Å². The molecule has 14 heavy (non-hydrogen) atoms. The minimum absolute atomic E-state index is 0.227. The molecule has 4 bridgehead atoms. The third-order valence-electron chi connectivity index (χ3n) is 4.82. The normalized spacial score (nSPS) is 51.8. The van der Waals surface area contributed by atoms with Crippen molar-refractivity contribution in [1.29, 1.82) is 0 Å². The third-order valence-corrected chi connectivity index (χ3v) is 4.82. The van der Waals surface area contributed by atoms with Gasteiger partial charge in [-0.1, -0.05) is 13.5 Å². The summed E-state index contributed by atoms with van der Waals surface area (Å²) in [6.07, 6.45) is 5.37. The van der Waals surface area contributed by atoms with Gasteiger partial charge in [-0.25, -0.2) is 4.79 Å². The average Bonchev–Trinajstić information content (AvgIpc) is 2.61. The second-order valence-corrected chi connectivity index (χ2v) is 5.02. The Morgan fingerprint density at radius 2 is 2.50 bits per heavy atom. The maximum absolute atomic E-state index is 11.1. The van der Waals surface area contributed by atoms with Crippen molar-refractivity contribution in [2.75, 3.05) is 0 Å². The second-order valence-electron chi connectivity index (χ2n) is 5.02. The van der Waals surface area contributed by atoms with Gasteiger partial charge >= 0.3 is 5.97 Å². The highest BCUT2D eigenvalue weighted by Crippen LogP contribution is 2.80. The van der Waals surface area contributed by atoms with Crippen LogP contribution in [0.3, 0.4) is 0 Å². The predicted molar refractivity (Wildman–Crippen MR) is 52.5 cm³/mol. The quantitative estimate of drug-likeness (QED) is 0.506. The van der Waals surface area contributed by atoms with E-state index in [0.717, 1.165) is 5.92 Å². The van der Waals surface area contributed by atoms with Crippen molar-refractivity contribution in [1.82, 2.24) is 0 Å². The van der Waals surface area contributed by atoms with Crippen molar-refractivity contribution in [3.63, 3.8) is 0 Å². The van der Waals surface area contributed by atoms with E-state index in [2.05, 4.69) is 13.5 Å². The summed E-state index contributed by atoms with van der Waals surface area (Å²) in [5.74, 6) is 2.00. The Balaban J connectivity index is 1.75. The predicted octanol–water partition coefficient (Wildman–Crippen LogP) is 2.15. The summed E-state index contributed by atoms with van der Waals surface area (Å²) >= 11 is 0. The van der Waals surface area contributed by atoms with Gasteiger partial charge in [0.1, 0.15) is 6.10 Å². The van der Waals surface area contributed by atoms with Gasteiger partial charge < -0.3 is 4.74 Å². The van der Waals surface area contributed by atoms with Crippen molar-refractivity contribution in [3.05, 3.63) is 12.7 Å². The molecule has 0 amide bonds. The molecule has 4 saturated carbocycles. The second kappa shape index (κ2) is 2.41. The van der Waals surface area contributed by atoms with Crippen molar-refractivity contribution in [2.24, 2.45) is 23.2 Å². The lowest BCUT2D eigenvalue weighted by molar-refractivity contribution is -0.144. The summed E-state index contributed by atoms with van der Waals surface area (Å²) in [6, 6.07) is 0. The maximum Gasteiger partial charge on any atom is 0.330 e. The number of ether oxygens (including phenoxy) is 1. The van der Waals surface area contributed by atoms with E-state index in [1.165, 1.54) is 25.3 Å². The third kappa shape index (κ3) is 0.760. The highest BCUT2D eigenvalue weighted by molar-refractivity contribution is 5.81. The molecule has 4 rings (SSSR count). The Morgan fingerprint density at radius 3 is 3.00 bits per heavy atom. The van der Waals surface area contributed by atoms with Crippen LogP contribution in [0.15, 0.2) is 12.7 Å². The Hall–Kier alpha value is -0.790. The summed E-state index contributed by atoms with van der Waals surface area (Å²) in [7, 11) is 0. The van der Waals surface area contributed by atoms with E-state index in [4.69, 9.17) is 4.74 Å². The minimum Gasteiger partial charge on any atom is -0.459 e. The molecule has 76 valence electrons. The lowest BCUT2D eigenvalue weighted by atomic mass is 10.0. The van der Waals surface area contributed by atoms with E-state index < -0.39 is 0 Å². The van der Waals surface area contributed by atoms with Gasteiger partial charge in [-0.05, 0) is 36.5 Å². The largest absolute Gasteiger partial charge is 0.459 e. The number of esters is 1. The van der Waals surface area contributed by atoms with Gasteiger partial charge in [0.25, 0.3) is 0 Å². The van der Waals surface area contributed by atoms with Gasteiger partial charge in [0.15, 0.2) is 0 Å². The molecule has 2 heteroatoms. The Morgan fingerprint density at radius 1 is 1.71 bits per heavy atom. The molecule has 2 nitrogen and oxygen atoms in total. The average molecular weight is 192 g/mol. The standard InChI is InChI=1S/C12H16O2/c1-3-9(13)14-11-7-5-8-10(11)12(8,4-2)6-7/h3,7-8,10-11H,1,4-6H2,2H3. The first-order chi connectivity index (χ1) is 6.73. The van der Waals surface area contributed by atoms with E-state index in [-0.39, 0.29) is 12.1 Å². The summed E-state index contributed by atoms with van der Waals surface area (Å²) < 4.78 is 5.44. The van der Waals surface area contributed by atoms with Crippen molar-refractivity contribution in [2.45, 2.75) is 32.3 Å². The SMILES string of the molecule is C=CC(=O)OC1C2CC3C1C3(CC)C2. The fourth-order valence-corrected chi connectivity index (χ4v) is 4.27. The van der Waals surface area contributed by atoms with Crippen LogP contribution in [0.25, 0.3) is 0 Å². The molecule has 4 fully saturated rings. The first-order valence-corrected chi connectivity index (χ1v) is 5.56.